The van der Waals surface area contributed by atoms with Crippen molar-refractivity contribution >= 4 is 19.9 Å². The van der Waals surface area contributed by atoms with Gasteiger partial charge in [-0.25, -0.2) is 4.72 Å². The molecule has 0 spiro atoms. The Morgan fingerprint density at radius 1 is 1.42 bits per heavy atom. The molecule has 0 aromatic heterocycles. The van der Waals surface area contributed by atoms with Crippen LogP contribution in [-0.2, 0) is 14.0 Å². The molecule has 0 rings (SSSR count). The molecule has 4 nitrogen and oxygen atoms in total. The van der Waals surface area contributed by atoms with E-state index in [1.165, 1.54) is 0 Å². The summed E-state index contributed by atoms with van der Waals surface area (Å²) in [5, 5.41) is 0. The zero-order valence-electron chi connectivity index (χ0n) is 7.05. The lowest BCUT2D eigenvalue weighted by atomic mass is 10.4. The molecule has 0 radical (unpaired) electrons. The van der Waals surface area contributed by atoms with E-state index in [0.717, 1.165) is 6.42 Å². The molecule has 0 amide bonds. The van der Waals surface area contributed by atoms with Crippen LogP contribution in [0, 0.1) is 0 Å². The van der Waals surface area contributed by atoms with Crippen LogP contribution in [0.4, 0.5) is 0 Å². The summed E-state index contributed by atoms with van der Waals surface area (Å²) in [6, 6.07) is 0. The number of nitrogens with one attached hydrogen (secondary N) is 1. The van der Waals surface area contributed by atoms with Crippen molar-refractivity contribution < 1.29 is 13.2 Å². The molecule has 74 valence electrons. The van der Waals surface area contributed by atoms with Crippen LogP contribution in [0.15, 0.2) is 0 Å². The van der Waals surface area contributed by atoms with E-state index >= 15 is 0 Å². The summed E-state index contributed by atoms with van der Waals surface area (Å²) in [5.41, 5.74) is 0. The number of hydrogen-bond donors (Lipinski definition) is 1. The van der Waals surface area contributed by atoms with Crippen LogP contribution in [0.3, 0.4) is 0 Å². The van der Waals surface area contributed by atoms with Gasteiger partial charge < -0.3 is 4.74 Å². The SMILES string of the molecule is CCCOCCCNS(=O)(=O)Cl. The Kier molecular flexibility index (Phi) is 6.74. The maximum atomic E-state index is 10.3. The van der Waals surface area contributed by atoms with Gasteiger partial charge in [0.25, 0.3) is 9.24 Å². The summed E-state index contributed by atoms with van der Waals surface area (Å²) in [7, 11) is 1.34. The van der Waals surface area contributed by atoms with Gasteiger partial charge in [-0.2, -0.15) is 8.42 Å². The maximum Gasteiger partial charge on any atom is 0.297 e. The minimum atomic E-state index is -3.55. The van der Waals surface area contributed by atoms with Gasteiger partial charge >= 0.3 is 0 Å². The third kappa shape index (κ3) is 10.2. The highest BCUT2D eigenvalue weighted by molar-refractivity contribution is 8.12. The Bertz CT molecular complexity index is 193. The van der Waals surface area contributed by atoms with E-state index in [1.54, 1.807) is 0 Å². The molecule has 0 aromatic rings. The highest BCUT2D eigenvalue weighted by Gasteiger charge is 2.00. The van der Waals surface area contributed by atoms with Crippen molar-refractivity contribution in [3.8, 4) is 0 Å². The molecule has 1 N–H and O–H groups in total. The van der Waals surface area contributed by atoms with Crippen LogP contribution in [0.25, 0.3) is 0 Å². The van der Waals surface area contributed by atoms with E-state index < -0.39 is 9.24 Å². The summed E-state index contributed by atoms with van der Waals surface area (Å²) in [6.45, 7) is 3.62. The molecule has 6 heteroatoms. The fourth-order valence-corrected chi connectivity index (χ4v) is 1.23. The summed E-state index contributed by atoms with van der Waals surface area (Å²) in [4.78, 5) is 0. The standard InChI is InChI=1S/C6H14ClNO3S/c1-2-5-11-6-3-4-8-12(7,9)10/h8H,2-6H2,1H3. The van der Waals surface area contributed by atoms with Gasteiger partial charge in [0, 0.05) is 30.4 Å². The first-order chi connectivity index (χ1) is 5.56. The first-order valence-corrected chi connectivity index (χ1v) is 6.14. The first-order valence-electron chi connectivity index (χ1n) is 3.83. The van der Waals surface area contributed by atoms with Crippen molar-refractivity contribution in [2.75, 3.05) is 19.8 Å². The second-order valence-electron chi connectivity index (χ2n) is 2.30. The van der Waals surface area contributed by atoms with Gasteiger partial charge in [0.2, 0.25) is 0 Å². The van der Waals surface area contributed by atoms with Crippen LogP contribution >= 0.6 is 10.7 Å². The second-order valence-corrected chi connectivity index (χ2v) is 4.68. The molecule has 0 fully saturated rings. The minimum Gasteiger partial charge on any atom is -0.381 e. The Morgan fingerprint density at radius 2 is 2.08 bits per heavy atom. The molecule has 0 atom stereocenters. The average molecular weight is 216 g/mol. The molecule has 0 aliphatic heterocycles. The van der Waals surface area contributed by atoms with E-state index in [-0.39, 0.29) is 0 Å². The Balaban J connectivity index is 3.12. The van der Waals surface area contributed by atoms with Crippen molar-refractivity contribution in [2.45, 2.75) is 19.8 Å². The first kappa shape index (κ1) is 12.2. The highest BCUT2D eigenvalue weighted by atomic mass is 35.7. The number of hydrogen-bond acceptors (Lipinski definition) is 3. The highest BCUT2D eigenvalue weighted by Crippen LogP contribution is 1.90. The Labute approximate surface area is 77.8 Å². The summed E-state index contributed by atoms with van der Waals surface area (Å²) >= 11 is 0. The largest absolute Gasteiger partial charge is 0.381 e. The van der Waals surface area contributed by atoms with Crippen LogP contribution in [0.5, 0.6) is 0 Å². The van der Waals surface area contributed by atoms with Gasteiger partial charge in [0.15, 0.2) is 0 Å². The Morgan fingerprint density at radius 3 is 2.58 bits per heavy atom. The van der Waals surface area contributed by atoms with Crippen molar-refractivity contribution in [3.63, 3.8) is 0 Å². The van der Waals surface area contributed by atoms with Crippen LogP contribution in [0.1, 0.15) is 19.8 Å². The van der Waals surface area contributed by atoms with Gasteiger partial charge in [-0.05, 0) is 12.8 Å². The zero-order chi connectivity index (χ0) is 9.45. The molecular formula is C6H14ClNO3S. The molecule has 0 aliphatic rings. The smallest absolute Gasteiger partial charge is 0.297 e. The lowest BCUT2D eigenvalue weighted by Gasteiger charge is -2.01. The molecule has 0 saturated heterocycles. The van der Waals surface area contributed by atoms with E-state index in [2.05, 4.69) is 4.72 Å². The molecular weight excluding hydrogens is 202 g/mol. The molecule has 0 bridgehead atoms. The summed E-state index contributed by atoms with van der Waals surface area (Å²) < 4.78 is 27.9. The zero-order valence-corrected chi connectivity index (χ0v) is 8.62. The van der Waals surface area contributed by atoms with Crippen LogP contribution in [0.2, 0.25) is 0 Å². The lowest BCUT2D eigenvalue weighted by Crippen LogP contribution is -2.20. The van der Waals surface area contributed by atoms with Gasteiger partial charge in [-0.1, -0.05) is 6.92 Å². The van der Waals surface area contributed by atoms with Gasteiger partial charge in [0.05, 0.1) is 0 Å². The van der Waals surface area contributed by atoms with Crippen molar-refractivity contribution in [2.24, 2.45) is 0 Å². The number of ether oxygens (including phenoxy) is 1. The van der Waals surface area contributed by atoms with Crippen molar-refractivity contribution in [1.82, 2.24) is 4.72 Å². The van der Waals surface area contributed by atoms with Crippen molar-refractivity contribution in [3.05, 3.63) is 0 Å². The number of halogens is 1. The quantitative estimate of drug-likeness (QED) is 0.507. The average Bonchev–Trinajstić information content (AvgIpc) is 1.94. The van der Waals surface area contributed by atoms with Crippen molar-refractivity contribution in [1.29, 1.82) is 0 Å². The van der Waals surface area contributed by atoms with Gasteiger partial charge in [-0.15, -0.1) is 0 Å². The molecule has 0 saturated carbocycles. The normalized spacial score (nSPS) is 11.8. The Hall–Kier alpha value is 0.160. The second kappa shape index (κ2) is 6.65. The predicted octanol–water partition coefficient (Wildman–Crippen LogP) is 0.876. The van der Waals surface area contributed by atoms with E-state index in [1.807, 2.05) is 6.92 Å². The molecule has 0 aromatic carbocycles. The summed E-state index contributed by atoms with van der Waals surface area (Å²) in [5.74, 6) is 0. The molecule has 0 heterocycles. The number of rotatable bonds is 7. The van der Waals surface area contributed by atoms with E-state index in [4.69, 9.17) is 15.4 Å². The lowest BCUT2D eigenvalue weighted by molar-refractivity contribution is 0.133. The fourth-order valence-electron chi connectivity index (χ4n) is 0.615. The predicted molar refractivity (Wildman–Crippen MR) is 48.5 cm³/mol. The summed E-state index contributed by atoms with van der Waals surface area (Å²) in [6.07, 6.45) is 1.62. The van der Waals surface area contributed by atoms with Gasteiger partial charge in [0.1, 0.15) is 0 Å². The third-order valence-corrected chi connectivity index (χ3v) is 1.96. The topological polar surface area (TPSA) is 55.4 Å². The molecule has 0 unspecified atom stereocenters. The molecule has 0 aliphatic carbocycles. The third-order valence-electron chi connectivity index (χ3n) is 1.09. The minimum absolute atomic E-state index is 0.329. The van der Waals surface area contributed by atoms with E-state index in [0.29, 0.717) is 26.2 Å². The van der Waals surface area contributed by atoms with E-state index in [9.17, 15) is 8.42 Å². The fraction of sp³-hybridized carbons (Fsp3) is 1.00. The van der Waals surface area contributed by atoms with Crippen LogP contribution in [-0.4, -0.2) is 28.2 Å². The molecule has 12 heavy (non-hydrogen) atoms. The van der Waals surface area contributed by atoms with Crippen LogP contribution < -0.4 is 4.72 Å². The van der Waals surface area contributed by atoms with Gasteiger partial charge in [-0.3, -0.25) is 0 Å². The maximum absolute atomic E-state index is 10.3. The monoisotopic (exact) mass is 215 g/mol.